The van der Waals surface area contributed by atoms with Crippen LogP contribution in [0.3, 0.4) is 0 Å². The first-order valence-electron chi connectivity index (χ1n) is 2.68. The number of rotatable bonds is 4. The summed E-state index contributed by atoms with van der Waals surface area (Å²) in [6, 6.07) is 0. The Balaban J connectivity index is 4.26. The van der Waals surface area contributed by atoms with E-state index in [0.717, 1.165) is 0 Å². The van der Waals surface area contributed by atoms with Crippen LogP contribution in [0, 0.1) is 12.3 Å². The standard InChI is InChI=1S/C5H7O4PS/c1-3-4-9-11(7,8)5(2)10-6/h1,5H,4H2,2H3. The van der Waals surface area contributed by atoms with Crippen molar-refractivity contribution in [3.8, 4) is 12.3 Å². The molecule has 4 nitrogen and oxygen atoms in total. The molecule has 0 aromatic heterocycles. The van der Waals surface area contributed by atoms with Gasteiger partial charge in [-0.1, -0.05) is 5.92 Å². The lowest BCUT2D eigenvalue weighted by Crippen LogP contribution is -2.15. The molecule has 62 valence electrons. The minimum absolute atomic E-state index is 0.317. The van der Waals surface area contributed by atoms with E-state index in [9.17, 15) is 13.0 Å². The molecule has 0 aliphatic heterocycles. The molecule has 0 bridgehead atoms. The highest BCUT2D eigenvalue weighted by molar-refractivity contribution is 7.91. The van der Waals surface area contributed by atoms with E-state index in [1.54, 1.807) is 0 Å². The van der Waals surface area contributed by atoms with Crippen molar-refractivity contribution < 1.29 is 17.2 Å². The van der Waals surface area contributed by atoms with E-state index >= 15 is 0 Å². The first-order chi connectivity index (χ1) is 5.04. The van der Waals surface area contributed by atoms with Gasteiger partial charge in [0.15, 0.2) is 13.5 Å². The van der Waals surface area contributed by atoms with Crippen molar-refractivity contribution in [2.24, 2.45) is 0 Å². The van der Waals surface area contributed by atoms with Crippen molar-refractivity contribution in [2.75, 3.05) is 6.61 Å². The molecular weight excluding hydrogens is 187 g/mol. The highest BCUT2D eigenvalue weighted by Crippen LogP contribution is 2.14. The van der Waals surface area contributed by atoms with Crippen molar-refractivity contribution >= 4 is 18.6 Å². The Morgan fingerprint density at radius 2 is 2.27 bits per heavy atom. The highest BCUT2D eigenvalue weighted by Gasteiger charge is 2.21. The summed E-state index contributed by atoms with van der Waals surface area (Å²) < 4.78 is 36.0. The Bertz CT molecular complexity index is 263. The minimum atomic E-state index is -3.74. The predicted molar refractivity (Wildman–Crippen MR) is 40.8 cm³/mol. The van der Waals surface area contributed by atoms with Crippen molar-refractivity contribution in [2.45, 2.75) is 11.9 Å². The van der Waals surface area contributed by atoms with Crippen LogP contribution in [-0.2, 0) is 18.9 Å². The topological polar surface area (TPSA) is 60.4 Å². The largest absolute Gasteiger partial charge is 0.282 e. The van der Waals surface area contributed by atoms with Crippen LogP contribution in [0.15, 0.2) is 0 Å². The summed E-state index contributed by atoms with van der Waals surface area (Å²) in [5, 5.41) is 0. The number of terminal acetylenes is 1. The van der Waals surface area contributed by atoms with Gasteiger partial charge >= 0.3 is 0 Å². The van der Waals surface area contributed by atoms with E-state index in [0.29, 0.717) is 0 Å². The molecule has 0 saturated carbocycles. The van der Waals surface area contributed by atoms with Crippen LogP contribution in [0.1, 0.15) is 6.92 Å². The van der Waals surface area contributed by atoms with E-state index in [2.05, 4.69) is 4.18 Å². The first kappa shape index (κ1) is 10.6. The summed E-state index contributed by atoms with van der Waals surface area (Å²) in [4.78, 5) is -1.06. The van der Waals surface area contributed by atoms with E-state index < -0.39 is 23.6 Å². The summed E-state index contributed by atoms with van der Waals surface area (Å²) >= 11 is 0. The minimum Gasteiger partial charge on any atom is -0.273 e. The molecule has 0 saturated heterocycles. The van der Waals surface area contributed by atoms with E-state index in [1.807, 2.05) is 5.92 Å². The molecule has 1 atom stereocenters. The Labute approximate surface area is 67.3 Å². The zero-order chi connectivity index (χ0) is 8.91. The average Bonchev–Trinajstić information content (AvgIpc) is 1.99. The second kappa shape index (κ2) is 4.45. The van der Waals surface area contributed by atoms with Crippen LogP contribution in [0.25, 0.3) is 0 Å². The van der Waals surface area contributed by atoms with Gasteiger partial charge in [0.1, 0.15) is 6.61 Å². The molecule has 0 aliphatic rings. The van der Waals surface area contributed by atoms with E-state index in [1.165, 1.54) is 6.92 Å². The first-order valence-corrected chi connectivity index (χ1v) is 5.04. The van der Waals surface area contributed by atoms with Crippen LogP contribution in [0.4, 0.5) is 0 Å². The fourth-order valence-corrected chi connectivity index (χ4v) is 1.30. The van der Waals surface area contributed by atoms with Crippen LogP contribution >= 0.6 is 8.46 Å². The van der Waals surface area contributed by atoms with Crippen LogP contribution < -0.4 is 0 Å². The molecule has 0 spiro atoms. The van der Waals surface area contributed by atoms with Crippen molar-refractivity contribution in [1.82, 2.24) is 0 Å². The van der Waals surface area contributed by atoms with Gasteiger partial charge < -0.3 is 0 Å². The van der Waals surface area contributed by atoms with Crippen molar-refractivity contribution in [3.63, 3.8) is 0 Å². The fourth-order valence-electron chi connectivity index (χ4n) is 0.267. The second-order valence-corrected chi connectivity index (χ2v) is 4.93. The molecule has 0 aliphatic carbocycles. The maximum Gasteiger partial charge on any atom is 0.282 e. The van der Waals surface area contributed by atoms with Gasteiger partial charge in [0, 0.05) is 0 Å². The maximum atomic E-state index is 10.8. The SMILES string of the molecule is C#CCOS(=O)(=O)C(C)P=O. The molecule has 6 heteroatoms. The van der Waals surface area contributed by atoms with Gasteiger partial charge in [-0.25, -0.2) is 0 Å². The molecule has 1 unspecified atom stereocenters. The summed E-state index contributed by atoms with van der Waals surface area (Å²) in [5.74, 6) is 2.00. The summed E-state index contributed by atoms with van der Waals surface area (Å²) in [5.41, 5.74) is 0. The highest BCUT2D eigenvalue weighted by atomic mass is 32.2. The van der Waals surface area contributed by atoms with E-state index in [-0.39, 0.29) is 6.61 Å². The Morgan fingerprint density at radius 1 is 1.73 bits per heavy atom. The van der Waals surface area contributed by atoms with Gasteiger partial charge in [0.25, 0.3) is 10.1 Å². The molecule has 0 aromatic rings. The molecule has 0 radical (unpaired) electrons. The predicted octanol–water partition coefficient (Wildman–Crippen LogP) is 0.604. The quantitative estimate of drug-likeness (QED) is 0.373. The van der Waals surface area contributed by atoms with Gasteiger partial charge in [0.2, 0.25) is 0 Å². The van der Waals surface area contributed by atoms with Gasteiger partial charge in [-0.3, -0.25) is 8.75 Å². The van der Waals surface area contributed by atoms with Crippen LogP contribution in [-0.4, -0.2) is 20.0 Å². The summed E-state index contributed by atoms with van der Waals surface area (Å²) in [6.45, 7) is 0.947. The monoisotopic (exact) mass is 194 g/mol. The fraction of sp³-hybridized carbons (Fsp3) is 0.600. The van der Waals surface area contributed by atoms with Crippen molar-refractivity contribution in [3.05, 3.63) is 0 Å². The Morgan fingerprint density at radius 3 is 2.64 bits per heavy atom. The molecule has 0 fully saturated rings. The number of hydrogen-bond acceptors (Lipinski definition) is 4. The maximum absolute atomic E-state index is 10.8. The molecule has 0 aromatic carbocycles. The summed E-state index contributed by atoms with van der Waals surface area (Å²) in [6.07, 6.45) is 4.76. The number of hydrogen-bond donors (Lipinski definition) is 0. The lowest BCUT2D eigenvalue weighted by atomic mass is 10.8. The lowest BCUT2D eigenvalue weighted by molar-refractivity contribution is 0.362. The Kier molecular flexibility index (Phi) is 4.27. The zero-order valence-electron chi connectivity index (χ0n) is 5.85. The molecular formula is C5H7O4PS. The third kappa shape index (κ3) is 3.47. The normalized spacial score (nSPS) is 14.2. The van der Waals surface area contributed by atoms with Crippen molar-refractivity contribution in [1.29, 1.82) is 0 Å². The Hall–Kier alpha value is -0.430. The molecule has 11 heavy (non-hydrogen) atoms. The van der Waals surface area contributed by atoms with Gasteiger partial charge in [-0.05, 0) is 6.92 Å². The third-order valence-electron chi connectivity index (χ3n) is 0.873. The molecule has 0 rings (SSSR count). The van der Waals surface area contributed by atoms with Crippen LogP contribution in [0.5, 0.6) is 0 Å². The molecule has 0 amide bonds. The van der Waals surface area contributed by atoms with Gasteiger partial charge in [-0.15, -0.1) is 6.42 Å². The lowest BCUT2D eigenvalue weighted by Gasteiger charge is -2.02. The smallest absolute Gasteiger partial charge is 0.273 e. The zero-order valence-corrected chi connectivity index (χ0v) is 7.56. The van der Waals surface area contributed by atoms with E-state index in [4.69, 9.17) is 6.42 Å². The summed E-state index contributed by atoms with van der Waals surface area (Å²) in [7, 11) is -4.23. The van der Waals surface area contributed by atoms with Crippen LogP contribution in [0.2, 0.25) is 0 Å². The third-order valence-corrected chi connectivity index (χ3v) is 3.48. The molecule has 0 heterocycles. The van der Waals surface area contributed by atoms with Gasteiger partial charge in [-0.2, -0.15) is 8.42 Å². The molecule has 0 N–H and O–H groups in total. The second-order valence-electron chi connectivity index (χ2n) is 1.66. The average molecular weight is 194 g/mol. The van der Waals surface area contributed by atoms with Gasteiger partial charge in [0.05, 0.1) is 0 Å².